The van der Waals surface area contributed by atoms with E-state index in [4.69, 9.17) is 21.5 Å². The lowest BCUT2D eigenvalue weighted by Crippen LogP contribution is -2.20. The molecule has 2 rings (SSSR count). The second-order valence-electron chi connectivity index (χ2n) is 4.34. The largest absolute Gasteiger partial charge is 0.482 e. The Morgan fingerprint density at radius 3 is 2.59 bits per heavy atom. The van der Waals surface area contributed by atoms with E-state index in [-0.39, 0.29) is 11.5 Å². The van der Waals surface area contributed by atoms with Gasteiger partial charge in [-0.25, -0.2) is 13.6 Å². The molecule has 22 heavy (non-hydrogen) atoms. The highest BCUT2D eigenvalue weighted by Crippen LogP contribution is 2.23. The highest BCUT2D eigenvalue weighted by atomic mass is 35.5. The second-order valence-corrected chi connectivity index (χ2v) is 6.31. The molecular weight excluding hydrogens is 328 g/mol. The maximum atomic E-state index is 11.8. The van der Waals surface area contributed by atoms with Crippen LogP contribution in [0.15, 0.2) is 53.4 Å². The van der Waals surface area contributed by atoms with Crippen molar-refractivity contribution in [3.63, 3.8) is 0 Å². The number of nitrogens with two attached hydrogens (primary N) is 1. The molecule has 0 atom stereocenters. The molecule has 2 aromatic carbocycles. The Bertz CT molecular complexity index is 793. The molecule has 0 saturated heterocycles. The van der Waals surface area contributed by atoms with Crippen molar-refractivity contribution < 1.29 is 17.9 Å². The highest BCUT2D eigenvalue weighted by molar-refractivity contribution is 7.89. The summed E-state index contributed by atoms with van der Waals surface area (Å²) in [5, 5.41) is 7.94. The highest BCUT2D eigenvalue weighted by Gasteiger charge is 2.10. The Morgan fingerprint density at radius 2 is 1.91 bits per heavy atom. The summed E-state index contributed by atoms with van der Waals surface area (Å²) in [6.07, 6.45) is 0. The zero-order valence-corrected chi connectivity index (χ0v) is 12.9. The van der Waals surface area contributed by atoms with Crippen molar-refractivity contribution in [3.05, 3.63) is 53.6 Å². The van der Waals surface area contributed by atoms with Gasteiger partial charge in [0, 0.05) is 5.69 Å². The van der Waals surface area contributed by atoms with Gasteiger partial charge in [0.2, 0.25) is 10.0 Å². The summed E-state index contributed by atoms with van der Waals surface area (Å²) >= 11 is 5.90. The van der Waals surface area contributed by atoms with Crippen molar-refractivity contribution in [2.45, 2.75) is 4.90 Å². The van der Waals surface area contributed by atoms with Crippen LogP contribution in [0.4, 0.5) is 5.69 Å². The van der Waals surface area contributed by atoms with Gasteiger partial charge in [0.1, 0.15) is 5.75 Å². The van der Waals surface area contributed by atoms with Gasteiger partial charge in [-0.15, -0.1) is 0 Å². The van der Waals surface area contributed by atoms with E-state index < -0.39 is 15.9 Å². The van der Waals surface area contributed by atoms with Crippen molar-refractivity contribution in [1.29, 1.82) is 0 Å². The van der Waals surface area contributed by atoms with E-state index >= 15 is 0 Å². The Hall–Kier alpha value is -2.09. The molecule has 0 aliphatic rings. The molecule has 0 heterocycles. The first-order valence-corrected chi connectivity index (χ1v) is 8.09. The van der Waals surface area contributed by atoms with Gasteiger partial charge in [0.15, 0.2) is 6.61 Å². The van der Waals surface area contributed by atoms with Crippen LogP contribution in [0.2, 0.25) is 5.02 Å². The Balaban J connectivity index is 2.00. The molecular formula is C14H13ClN2O4S. The topological polar surface area (TPSA) is 98.5 Å². The molecule has 0 bridgehead atoms. The average Bonchev–Trinajstić information content (AvgIpc) is 2.46. The van der Waals surface area contributed by atoms with Crippen molar-refractivity contribution in [2.75, 3.05) is 11.9 Å². The number of hydrogen-bond acceptors (Lipinski definition) is 4. The van der Waals surface area contributed by atoms with Crippen LogP contribution in [0.5, 0.6) is 5.75 Å². The van der Waals surface area contributed by atoms with Gasteiger partial charge >= 0.3 is 0 Å². The number of carbonyl (C=O) groups is 1. The molecule has 0 aliphatic heterocycles. The average molecular weight is 341 g/mol. The number of halogens is 1. The van der Waals surface area contributed by atoms with E-state index in [0.29, 0.717) is 16.5 Å². The maximum absolute atomic E-state index is 11.8. The number of primary sulfonamides is 1. The number of ether oxygens (including phenoxy) is 1. The number of rotatable bonds is 5. The van der Waals surface area contributed by atoms with E-state index in [1.807, 2.05) is 0 Å². The smallest absolute Gasteiger partial charge is 0.262 e. The van der Waals surface area contributed by atoms with Gasteiger partial charge in [-0.1, -0.05) is 29.8 Å². The summed E-state index contributed by atoms with van der Waals surface area (Å²) in [5.74, 6) is -0.0657. The molecule has 0 unspecified atom stereocenters. The van der Waals surface area contributed by atoms with Crippen LogP contribution in [0.3, 0.4) is 0 Å². The number of amides is 1. The van der Waals surface area contributed by atoms with Crippen LogP contribution in [0, 0.1) is 0 Å². The number of benzene rings is 2. The van der Waals surface area contributed by atoms with Gasteiger partial charge in [-0.3, -0.25) is 4.79 Å². The summed E-state index contributed by atoms with van der Waals surface area (Å²) in [7, 11) is -3.82. The first-order valence-electron chi connectivity index (χ1n) is 6.16. The minimum Gasteiger partial charge on any atom is -0.482 e. The van der Waals surface area contributed by atoms with Crippen LogP contribution in [-0.2, 0) is 14.8 Å². The zero-order chi connectivity index (χ0) is 16.2. The summed E-state index contributed by atoms with van der Waals surface area (Å²) in [4.78, 5) is 11.7. The number of carbonyl (C=O) groups excluding carboxylic acids is 1. The second kappa shape index (κ2) is 6.78. The van der Waals surface area contributed by atoms with Crippen molar-refractivity contribution in [3.8, 4) is 5.75 Å². The fourth-order valence-corrected chi connectivity index (χ4v) is 2.40. The zero-order valence-electron chi connectivity index (χ0n) is 11.3. The number of sulfonamides is 1. The third-order valence-corrected chi connectivity index (χ3v) is 3.86. The summed E-state index contributed by atoms with van der Waals surface area (Å²) in [6.45, 7) is -0.261. The number of nitrogens with one attached hydrogen (secondary N) is 1. The summed E-state index contributed by atoms with van der Waals surface area (Å²) in [6, 6.07) is 12.4. The molecule has 2 aromatic rings. The molecule has 0 saturated carbocycles. The van der Waals surface area contributed by atoms with Crippen LogP contribution >= 0.6 is 11.6 Å². The van der Waals surface area contributed by atoms with Crippen molar-refractivity contribution in [1.82, 2.24) is 0 Å². The first kappa shape index (κ1) is 16.3. The first-order chi connectivity index (χ1) is 10.4. The van der Waals surface area contributed by atoms with E-state index in [9.17, 15) is 13.2 Å². The maximum Gasteiger partial charge on any atom is 0.262 e. The quantitative estimate of drug-likeness (QED) is 0.869. The number of hydrogen-bond donors (Lipinski definition) is 2. The van der Waals surface area contributed by atoms with Gasteiger partial charge in [-0.2, -0.15) is 0 Å². The molecule has 8 heteroatoms. The van der Waals surface area contributed by atoms with Crippen LogP contribution < -0.4 is 15.2 Å². The van der Waals surface area contributed by atoms with E-state index in [2.05, 4.69) is 5.32 Å². The molecule has 6 nitrogen and oxygen atoms in total. The third-order valence-electron chi connectivity index (χ3n) is 2.64. The molecule has 1 amide bonds. The Labute approximate surface area is 132 Å². The number of para-hydroxylation sites is 1. The Kier molecular flexibility index (Phi) is 5.02. The van der Waals surface area contributed by atoms with Crippen LogP contribution in [-0.4, -0.2) is 20.9 Å². The molecule has 3 N–H and O–H groups in total. The predicted molar refractivity (Wildman–Crippen MR) is 83.4 cm³/mol. The van der Waals surface area contributed by atoms with Crippen LogP contribution in [0.25, 0.3) is 0 Å². The molecule has 0 fully saturated rings. The van der Waals surface area contributed by atoms with E-state index in [0.717, 1.165) is 0 Å². The van der Waals surface area contributed by atoms with Crippen molar-refractivity contribution >= 4 is 33.2 Å². The fourth-order valence-electron chi connectivity index (χ4n) is 1.65. The van der Waals surface area contributed by atoms with Gasteiger partial charge < -0.3 is 10.1 Å². The monoisotopic (exact) mass is 340 g/mol. The molecule has 0 spiro atoms. The van der Waals surface area contributed by atoms with Gasteiger partial charge in [0.25, 0.3) is 5.91 Å². The standard InChI is InChI=1S/C14H13ClN2O4S/c15-12-6-1-2-7-13(12)21-9-14(18)17-10-4-3-5-11(8-10)22(16,19)20/h1-8H,9H2,(H,17,18)(H2,16,19,20). The summed E-state index contributed by atoms with van der Waals surface area (Å²) in [5.41, 5.74) is 0.305. The lowest BCUT2D eigenvalue weighted by Gasteiger charge is -2.09. The molecule has 0 radical (unpaired) electrons. The normalized spacial score (nSPS) is 11.0. The van der Waals surface area contributed by atoms with Crippen LogP contribution in [0.1, 0.15) is 0 Å². The van der Waals surface area contributed by atoms with Crippen molar-refractivity contribution in [2.24, 2.45) is 5.14 Å². The van der Waals surface area contributed by atoms with Gasteiger partial charge in [0.05, 0.1) is 9.92 Å². The Morgan fingerprint density at radius 1 is 1.18 bits per heavy atom. The predicted octanol–water partition coefficient (Wildman–Crippen LogP) is 2.00. The van der Waals surface area contributed by atoms with Gasteiger partial charge in [-0.05, 0) is 30.3 Å². The SMILES string of the molecule is NS(=O)(=O)c1cccc(NC(=O)COc2ccccc2Cl)c1. The molecule has 0 aromatic heterocycles. The minimum atomic E-state index is -3.82. The minimum absolute atomic E-state index is 0.0858. The van der Waals surface area contributed by atoms with E-state index in [1.165, 1.54) is 18.2 Å². The third kappa shape index (κ3) is 4.45. The molecule has 116 valence electrons. The number of anilines is 1. The fraction of sp³-hybridized carbons (Fsp3) is 0.0714. The lowest BCUT2D eigenvalue weighted by atomic mass is 10.3. The molecule has 0 aliphatic carbocycles. The summed E-state index contributed by atoms with van der Waals surface area (Å²) < 4.78 is 27.8. The van der Waals surface area contributed by atoms with E-state index in [1.54, 1.807) is 30.3 Å². The lowest BCUT2D eigenvalue weighted by molar-refractivity contribution is -0.118.